The van der Waals surface area contributed by atoms with Gasteiger partial charge in [-0.15, -0.1) is 0 Å². The molecule has 6 nitrogen and oxygen atoms in total. The molecule has 1 saturated heterocycles. The van der Waals surface area contributed by atoms with Gasteiger partial charge < -0.3 is 15.3 Å². The third kappa shape index (κ3) is 4.19. The number of rotatable bonds is 6. The topological polar surface area (TPSA) is 82.5 Å². The molecule has 1 amide bonds. The van der Waals surface area contributed by atoms with Crippen LogP contribution in [0.15, 0.2) is 18.3 Å². The molecule has 6 heteroatoms. The van der Waals surface area contributed by atoms with Crippen LogP contribution in [0, 0.1) is 5.92 Å². The molecule has 120 valence electrons. The molecule has 0 aromatic carbocycles. The highest BCUT2D eigenvalue weighted by atomic mass is 16.4. The van der Waals surface area contributed by atoms with Crippen molar-refractivity contribution in [3.05, 3.63) is 24.0 Å². The number of nitrogens with zero attached hydrogens (tertiary/aromatic N) is 2. The molecule has 2 heterocycles. The molecule has 2 N–H and O–H groups in total. The van der Waals surface area contributed by atoms with Crippen LogP contribution in [0.4, 0.5) is 5.69 Å². The van der Waals surface area contributed by atoms with Crippen molar-refractivity contribution in [2.24, 2.45) is 5.92 Å². The Kier molecular flexibility index (Phi) is 5.35. The first-order valence-electron chi connectivity index (χ1n) is 7.72. The zero-order chi connectivity index (χ0) is 16.1. The molecule has 1 aliphatic rings. The highest BCUT2D eigenvalue weighted by Gasteiger charge is 2.23. The van der Waals surface area contributed by atoms with E-state index in [9.17, 15) is 14.7 Å². The third-order valence-electron chi connectivity index (χ3n) is 3.76. The van der Waals surface area contributed by atoms with Crippen LogP contribution >= 0.6 is 0 Å². The van der Waals surface area contributed by atoms with Crippen LogP contribution in [0.1, 0.15) is 43.6 Å². The Labute approximate surface area is 130 Å². The Hall–Kier alpha value is -2.11. The Morgan fingerprint density at radius 3 is 2.64 bits per heavy atom. The SMILES string of the molecule is CC(C)C[C@H](NC(=O)c1cc(N2CCCC2)ccn1)C(=O)O. The summed E-state index contributed by atoms with van der Waals surface area (Å²) in [4.78, 5) is 29.8. The highest BCUT2D eigenvalue weighted by Crippen LogP contribution is 2.20. The third-order valence-corrected chi connectivity index (χ3v) is 3.76. The number of amides is 1. The molecule has 1 aliphatic heterocycles. The number of hydrogen-bond donors (Lipinski definition) is 2. The molecule has 1 atom stereocenters. The summed E-state index contributed by atoms with van der Waals surface area (Å²) in [5.41, 5.74) is 1.23. The van der Waals surface area contributed by atoms with Crippen molar-refractivity contribution in [3.8, 4) is 0 Å². The fraction of sp³-hybridized carbons (Fsp3) is 0.562. The molecular weight excluding hydrogens is 282 g/mol. The minimum Gasteiger partial charge on any atom is -0.480 e. The summed E-state index contributed by atoms with van der Waals surface area (Å²) in [6.07, 6.45) is 4.30. The molecule has 0 radical (unpaired) electrons. The van der Waals surface area contributed by atoms with E-state index >= 15 is 0 Å². The standard InChI is InChI=1S/C16H23N3O3/c1-11(2)9-14(16(21)22)18-15(20)13-10-12(5-6-17-13)19-7-3-4-8-19/h5-6,10-11,14H,3-4,7-9H2,1-2H3,(H,18,20)(H,21,22)/t14-/m0/s1. The zero-order valence-electron chi connectivity index (χ0n) is 13.1. The van der Waals surface area contributed by atoms with Gasteiger partial charge in [-0.25, -0.2) is 4.79 Å². The van der Waals surface area contributed by atoms with Gasteiger partial charge in [0.15, 0.2) is 0 Å². The van der Waals surface area contributed by atoms with E-state index in [2.05, 4.69) is 15.2 Å². The van der Waals surface area contributed by atoms with Crippen molar-refractivity contribution in [3.63, 3.8) is 0 Å². The van der Waals surface area contributed by atoms with E-state index in [1.165, 1.54) is 0 Å². The molecule has 22 heavy (non-hydrogen) atoms. The van der Waals surface area contributed by atoms with Gasteiger partial charge in [0.1, 0.15) is 11.7 Å². The van der Waals surface area contributed by atoms with Gasteiger partial charge in [-0.3, -0.25) is 9.78 Å². The maximum absolute atomic E-state index is 12.3. The second-order valence-corrected chi connectivity index (χ2v) is 6.09. The first kappa shape index (κ1) is 16.3. The zero-order valence-corrected chi connectivity index (χ0v) is 13.1. The number of carbonyl (C=O) groups excluding carboxylic acids is 1. The lowest BCUT2D eigenvalue weighted by Crippen LogP contribution is -2.42. The molecule has 0 saturated carbocycles. The monoisotopic (exact) mass is 305 g/mol. The van der Waals surface area contributed by atoms with Crippen LogP contribution < -0.4 is 10.2 Å². The van der Waals surface area contributed by atoms with Gasteiger partial charge in [-0.2, -0.15) is 0 Å². The van der Waals surface area contributed by atoms with E-state index in [1.54, 1.807) is 12.3 Å². The molecule has 1 aromatic rings. The molecule has 1 fully saturated rings. The van der Waals surface area contributed by atoms with E-state index in [4.69, 9.17) is 0 Å². The fourth-order valence-corrected chi connectivity index (χ4v) is 2.64. The lowest BCUT2D eigenvalue weighted by molar-refractivity contribution is -0.139. The van der Waals surface area contributed by atoms with Gasteiger partial charge in [0, 0.05) is 25.0 Å². The first-order chi connectivity index (χ1) is 10.5. The van der Waals surface area contributed by atoms with Crippen molar-refractivity contribution in [1.82, 2.24) is 10.3 Å². The lowest BCUT2D eigenvalue weighted by Gasteiger charge is -2.19. The van der Waals surface area contributed by atoms with E-state index < -0.39 is 17.9 Å². The minimum atomic E-state index is -1.02. The summed E-state index contributed by atoms with van der Waals surface area (Å²) < 4.78 is 0. The quantitative estimate of drug-likeness (QED) is 0.839. The second-order valence-electron chi connectivity index (χ2n) is 6.09. The average Bonchev–Trinajstić information content (AvgIpc) is 3.00. The van der Waals surface area contributed by atoms with Crippen molar-refractivity contribution in [2.75, 3.05) is 18.0 Å². The summed E-state index contributed by atoms with van der Waals surface area (Å²) in [5.74, 6) is -1.27. The van der Waals surface area contributed by atoms with Crippen molar-refractivity contribution < 1.29 is 14.7 Å². The van der Waals surface area contributed by atoms with Crippen molar-refractivity contribution in [1.29, 1.82) is 0 Å². The highest BCUT2D eigenvalue weighted by molar-refractivity contribution is 5.95. The molecule has 0 spiro atoms. The molecule has 0 unspecified atom stereocenters. The minimum absolute atomic E-state index is 0.185. The van der Waals surface area contributed by atoms with Gasteiger partial charge in [-0.05, 0) is 37.3 Å². The van der Waals surface area contributed by atoms with Crippen LogP contribution in [0.25, 0.3) is 0 Å². The van der Waals surface area contributed by atoms with Gasteiger partial charge in [0.25, 0.3) is 5.91 Å². The summed E-state index contributed by atoms with van der Waals surface area (Å²) in [7, 11) is 0. The normalized spacial score (nSPS) is 15.9. The summed E-state index contributed by atoms with van der Waals surface area (Å²) >= 11 is 0. The molecule has 2 rings (SSSR count). The van der Waals surface area contributed by atoms with Crippen LogP contribution in [-0.4, -0.2) is 41.1 Å². The number of carboxylic acids is 1. The fourth-order valence-electron chi connectivity index (χ4n) is 2.64. The van der Waals surface area contributed by atoms with E-state index in [0.717, 1.165) is 31.6 Å². The smallest absolute Gasteiger partial charge is 0.326 e. The Morgan fingerprint density at radius 2 is 2.05 bits per heavy atom. The van der Waals surface area contributed by atoms with Crippen molar-refractivity contribution >= 4 is 17.6 Å². The lowest BCUT2D eigenvalue weighted by atomic mass is 10.0. The van der Waals surface area contributed by atoms with Crippen LogP contribution in [0.5, 0.6) is 0 Å². The number of carboxylic acid groups (broad SMARTS) is 1. The van der Waals surface area contributed by atoms with E-state index in [0.29, 0.717) is 6.42 Å². The average molecular weight is 305 g/mol. The number of anilines is 1. The summed E-state index contributed by atoms with van der Waals surface area (Å²) in [5, 5.41) is 11.8. The number of pyridine rings is 1. The number of carbonyl (C=O) groups is 2. The largest absolute Gasteiger partial charge is 0.480 e. The van der Waals surface area contributed by atoms with Gasteiger partial charge >= 0.3 is 5.97 Å². The Bertz CT molecular complexity index is 539. The van der Waals surface area contributed by atoms with Gasteiger partial charge in [-0.1, -0.05) is 13.8 Å². The predicted molar refractivity (Wildman–Crippen MR) is 84.0 cm³/mol. The van der Waals surface area contributed by atoms with Crippen molar-refractivity contribution in [2.45, 2.75) is 39.2 Å². The number of aromatic nitrogens is 1. The number of aliphatic carboxylic acids is 1. The first-order valence-corrected chi connectivity index (χ1v) is 7.72. The van der Waals surface area contributed by atoms with Gasteiger partial charge in [0.05, 0.1) is 0 Å². The Balaban J connectivity index is 2.08. The maximum Gasteiger partial charge on any atom is 0.326 e. The maximum atomic E-state index is 12.3. The predicted octanol–water partition coefficient (Wildman–Crippen LogP) is 1.91. The molecular formula is C16H23N3O3. The second kappa shape index (κ2) is 7.24. The van der Waals surface area contributed by atoms with Gasteiger partial charge in [0.2, 0.25) is 0 Å². The molecule has 0 aliphatic carbocycles. The summed E-state index contributed by atoms with van der Waals surface area (Å²) in [6, 6.07) is 2.73. The number of nitrogens with one attached hydrogen (secondary N) is 1. The molecule has 1 aromatic heterocycles. The van der Waals surface area contributed by atoms with Crippen LogP contribution in [0.3, 0.4) is 0 Å². The van der Waals surface area contributed by atoms with E-state index in [1.807, 2.05) is 19.9 Å². The number of hydrogen-bond acceptors (Lipinski definition) is 4. The Morgan fingerprint density at radius 1 is 1.36 bits per heavy atom. The summed E-state index contributed by atoms with van der Waals surface area (Å²) in [6.45, 7) is 5.81. The molecule has 0 bridgehead atoms. The van der Waals surface area contributed by atoms with Crippen LogP contribution in [-0.2, 0) is 4.79 Å². The van der Waals surface area contributed by atoms with Crippen LogP contribution in [0.2, 0.25) is 0 Å². The van der Waals surface area contributed by atoms with E-state index in [-0.39, 0.29) is 11.6 Å².